The number of fused-ring (bicyclic) bond motifs is 5. The maximum atomic E-state index is 11.7. The first-order chi connectivity index (χ1) is 9.95. The number of rotatable bonds is 4. The molecule has 3 aliphatic rings. The maximum Gasteiger partial charge on any atom is 0.344 e. The van der Waals surface area contributed by atoms with E-state index in [1.807, 2.05) is 0 Å². The Labute approximate surface area is 122 Å². The van der Waals surface area contributed by atoms with Crippen molar-refractivity contribution < 1.29 is 28.6 Å². The molecule has 21 heavy (non-hydrogen) atoms. The van der Waals surface area contributed by atoms with Gasteiger partial charge in [0.2, 0.25) is 0 Å². The Kier molecular flexibility index (Phi) is 3.47. The van der Waals surface area contributed by atoms with Gasteiger partial charge in [0, 0.05) is 23.3 Å². The molecule has 114 valence electrons. The van der Waals surface area contributed by atoms with Gasteiger partial charge in [-0.05, 0) is 19.8 Å². The van der Waals surface area contributed by atoms with Crippen molar-refractivity contribution in [2.45, 2.75) is 38.4 Å². The van der Waals surface area contributed by atoms with Crippen molar-refractivity contribution in [3.05, 3.63) is 12.2 Å². The van der Waals surface area contributed by atoms with Crippen LogP contribution in [0, 0.1) is 17.8 Å². The highest BCUT2D eigenvalue weighted by Gasteiger charge is 2.59. The Morgan fingerprint density at radius 2 is 2.10 bits per heavy atom. The second-order valence-corrected chi connectivity index (χ2v) is 6.10. The van der Waals surface area contributed by atoms with Crippen LogP contribution in [-0.4, -0.2) is 36.7 Å². The highest BCUT2D eigenvalue weighted by molar-refractivity contribution is 5.88. The highest BCUT2D eigenvalue weighted by atomic mass is 16.6. The van der Waals surface area contributed by atoms with Crippen LogP contribution in [-0.2, 0) is 28.6 Å². The van der Waals surface area contributed by atoms with E-state index in [9.17, 15) is 14.4 Å². The van der Waals surface area contributed by atoms with Crippen LogP contribution in [0.4, 0.5) is 0 Å². The lowest BCUT2D eigenvalue weighted by molar-refractivity contribution is -0.164. The molecule has 1 saturated heterocycles. The van der Waals surface area contributed by atoms with E-state index < -0.39 is 18.5 Å². The summed E-state index contributed by atoms with van der Waals surface area (Å²) in [5.74, 6) is -0.651. The summed E-state index contributed by atoms with van der Waals surface area (Å²) in [6.07, 6.45) is 1.90. The number of esters is 3. The smallest absolute Gasteiger partial charge is 0.344 e. The van der Waals surface area contributed by atoms with Gasteiger partial charge in [0.25, 0.3) is 0 Å². The second kappa shape index (κ2) is 5.16. The molecule has 0 radical (unpaired) electrons. The van der Waals surface area contributed by atoms with E-state index >= 15 is 0 Å². The molecular weight excluding hydrogens is 276 g/mol. The molecule has 6 heteroatoms. The molecule has 2 bridgehead atoms. The molecule has 0 N–H and O–H groups in total. The zero-order valence-corrected chi connectivity index (χ0v) is 11.9. The summed E-state index contributed by atoms with van der Waals surface area (Å²) >= 11 is 0. The molecule has 5 atom stereocenters. The van der Waals surface area contributed by atoms with Crippen LogP contribution in [0.3, 0.4) is 0 Å². The molecule has 0 aromatic rings. The van der Waals surface area contributed by atoms with Gasteiger partial charge >= 0.3 is 17.9 Å². The molecule has 3 fully saturated rings. The summed E-state index contributed by atoms with van der Waals surface area (Å²) < 4.78 is 15.5. The molecular formula is C15H18O6. The van der Waals surface area contributed by atoms with Crippen molar-refractivity contribution in [2.75, 3.05) is 6.61 Å². The van der Waals surface area contributed by atoms with E-state index in [1.165, 1.54) is 6.92 Å². The molecule has 3 rings (SSSR count). The van der Waals surface area contributed by atoms with Crippen molar-refractivity contribution in [1.82, 2.24) is 0 Å². The maximum absolute atomic E-state index is 11.7. The van der Waals surface area contributed by atoms with Crippen molar-refractivity contribution in [3.8, 4) is 0 Å². The minimum atomic E-state index is -0.602. The van der Waals surface area contributed by atoms with Crippen LogP contribution in [0.5, 0.6) is 0 Å². The molecule has 0 amide bonds. The van der Waals surface area contributed by atoms with E-state index in [0.29, 0.717) is 12.3 Å². The molecule has 0 aromatic carbocycles. The second-order valence-electron chi connectivity index (χ2n) is 6.10. The molecule has 2 saturated carbocycles. The highest BCUT2D eigenvalue weighted by Crippen LogP contribution is 2.54. The quantitative estimate of drug-likeness (QED) is 0.437. The third-order valence-corrected chi connectivity index (χ3v) is 4.65. The van der Waals surface area contributed by atoms with E-state index in [2.05, 4.69) is 6.58 Å². The molecule has 0 spiro atoms. The fourth-order valence-corrected chi connectivity index (χ4v) is 3.81. The largest absolute Gasteiger partial charge is 0.462 e. The van der Waals surface area contributed by atoms with Crippen LogP contribution in [0.25, 0.3) is 0 Å². The zero-order chi connectivity index (χ0) is 15.1. The number of ether oxygens (including phenoxy) is 3. The van der Waals surface area contributed by atoms with Crippen molar-refractivity contribution in [3.63, 3.8) is 0 Å². The normalized spacial score (nSPS) is 36.0. The van der Waals surface area contributed by atoms with Crippen LogP contribution in [0.1, 0.15) is 26.2 Å². The SMILES string of the molecule is C=C(C)C(=O)OCC(=O)OC1CC2CC1C1CC(=O)OC21. The minimum Gasteiger partial charge on any atom is -0.462 e. The molecule has 2 aliphatic carbocycles. The molecule has 1 aliphatic heterocycles. The van der Waals surface area contributed by atoms with Gasteiger partial charge in [-0.2, -0.15) is 0 Å². The standard InChI is InChI=1S/C15H18O6/c1-7(2)15(18)19-6-13(17)20-11-4-8-3-9(11)10-5-12(16)21-14(8)10/h8-11,14H,1,3-6H2,2H3. The fraction of sp³-hybridized carbons (Fsp3) is 0.667. The van der Waals surface area contributed by atoms with Crippen LogP contribution < -0.4 is 0 Å². The summed E-state index contributed by atoms with van der Waals surface area (Å²) in [7, 11) is 0. The van der Waals surface area contributed by atoms with E-state index in [1.54, 1.807) is 0 Å². The predicted molar refractivity (Wildman–Crippen MR) is 69.9 cm³/mol. The third kappa shape index (κ3) is 2.54. The van der Waals surface area contributed by atoms with Gasteiger partial charge in [-0.3, -0.25) is 4.79 Å². The van der Waals surface area contributed by atoms with E-state index in [0.717, 1.165) is 12.8 Å². The Morgan fingerprint density at radius 3 is 2.81 bits per heavy atom. The van der Waals surface area contributed by atoms with Crippen molar-refractivity contribution in [1.29, 1.82) is 0 Å². The first kappa shape index (κ1) is 14.1. The number of carbonyl (C=O) groups excluding carboxylic acids is 3. The average molecular weight is 294 g/mol. The van der Waals surface area contributed by atoms with Gasteiger partial charge in [0.05, 0.1) is 6.42 Å². The summed E-state index contributed by atoms with van der Waals surface area (Å²) in [5.41, 5.74) is 0.243. The minimum absolute atomic E-state index is 0.0127. The van der Waals surface area contributed by atoms with Gasteiger partial charge in [0.15, 0.2) is 6.61 Å². The van der Waals surface area contributed by atoms with Gasteiger partial charge in [-0.25, -0.2) is 9.59 Å². The summed E-state index contributed by atoms with van der Waals surface area (Å²) in [6.45, 7) is 4.55. The fourth-order valence-electron chi connectivity index (χ4n) is 3.81. The summed E-state index contributed by atoms with van der Waals surface area (Å²) in [6, 6.07) is 0. The molecule has 0 aromatic heterocycles. The van der Waals surface area contributed by atoms with Gasteiger partial charge in [0.1, 0.15) is 12.2 Å². The summed E-state index contributed by atoms with van der Waals surface area (Å²) in [5, 5.41) is 0. The molecule has 5 unspecified atom stereocenters. The lowest BCUT2D eigenvalue weighted by atomic mass is 9.84. The van der Waals surface area contributed by atoms with Gasteiger partial charge < -0.3 is 14.2 Å². The Balaban J connectivity index is 1.51. The first-order valence-corrected chi connectivity index (χ1v) is 7.17. The van der Waals surface area contributed by atoms with Crippen LogP contribution >= 0.6 is 0 Å². The number of hydrogen-bond acceptors (Lipinski definition) is 6. The molecule has 1 heterocycles. The predicted octanol–water partition coefficient (Wildman–Crippen LogP) is 0.989. The van der Waals surface area contributed by atoms with Crippen LogP contribution in [0.2, 0.25) is 0 Å². The summed E-state index contributed by atoms with van der Waals surface area (Å²) in [4.78, 5) is 34.3. The Hall–Kier alpha value is -1.85. The Bertz CT molecular complexity index is 510. The molecule has 6 nitrogen and oxygen atoms in total. The van der Waals surface area contributed by atoms with Crippen LogP contribution in [0.15, 0.2) is 12.2 Å². The van der Waals surface area contributed by atoms with Crippen molar-refractivity contribution >= 4 is 17.9 Å². The number of carbonyl (C=O) groups is 3. The Morgan fingerprint density at radius 1 is 1.33 bits per heavy atom. The van der Waals surface area contributed by atoms with Gasteiger partial charge in [-0.15, -0.1) is 0 Å². The van der Waals surface area contributed by atoms with Crippen molar-refractivity contribution in [2.24, 2.45) is 17.8 Å². The first-order valence-electron chi connectivity index (χ1n) is 7.17. The van der Waals surface area contributed by atoms with Gasteiger partial charge in [-0.1, -0.05) is 6.58 Å². The van der Waals surface area contributed by atoms with E-state index in [4.69, 9.17) is 14.2 Å². The monoisotopic (exact) mass is 294 g/mol. The third-order valence-electron chi connectivity index (χ3n) is 4.65. The van der Waals surface area contributed by atoms with E-state index in [-0.39, 0.29) is 35.6 Å². The number of hydrogen-bond donors (Lipinski definition) is 0. The average Bonchev–Trinajstić information content (AvgIpc) is 3.06. The topological polar surface area (TPSA) is 78.9 Å². The lowest BCUT2D eigenvalue weighted by Gasteiger charge is -2.29. The lowest BCUT2D eigenvalue weighted by Crippen LogP contribution is -2.36. The zero-order valence-electron chi connectivity index (χ0n) is 11.9.